The molecule has 0 saturated carbocycles. The number of carbonyl (C=O) groups is 2. The quantitative estimate of drug-likeness (QED) is 0.669. The number of nitrogens with zero attached hydrogens (tertiary/aromatic N) is 3. The Morgan fingerprint density at radius 2 is 1.79 bits per heavy atom. The standard InChI is InChI=1S/C22H23N3O4/c1-24-19-8-3-15(13-18(19)20(23-24)22(27)28)21(26)14-9-11-25(12-10-14)16-4-6-17(29-2)7-5-16/h3-8,13-14H,9-12H2,1-2H3,(H,27,28). The average molecular weight is 393 g/mol. The maximum atomic E-state index is 13.0. The topological polar surface area (TPSA) is 84.7 Å². The van der Waals surface area contributed by atoms with Gasteiger partial charge >= 0.3 is 5.97 Å². The molecule has 1 aromatic heterocycles. The fraction of sp³-hybridized carbons (Fsp3) is 0.318. The van der Waals surface area contributed by atoms with Gasteiger partial charge in [-0.15, -0.1) is 0 Å². The second-order valence-corrected chi connectivity index (χ2v) is 7.33. The van der Waals surface area contributed by atoms with E-state index in [1.807, 2.05) is 24.3 Å². The summed E-state index contributed by atoms with van der Waals surface area (Å²) in [5, 5.41) is 13.9. The maximum Gasteiger partial charge on any atom is 0.357 e. The first-order valence-corrected chi connectivity index (χ1v) is 9.61. The molecule has 0 radical (unpaired) electrons. The molecule has 0 aliphatic carbocycles. The molecule has 0 spiro atoms. The molecule has 0 amide bonds. The third-order valence-corrected chi connectivity index (χ3v) is 5.64. The molecular formula is C22H23N3O4. The Balaban J connectivity index is 1.49. The molecule has 29 heavy (non-hydrogen) atoms. The Kier molecular flexibility index (Phi) is 4.96. The highest BCUT2D eigenvalue weighted by Gasteiger charge is 2.27. The van der Waals surface area contributed by atoms with Crippen molar-refractivity contribution in [3.63, 3.8) is 0 Å². The normalized spacial score (nSPS) is 14.9. The van der Waals surface area contributed by atoms with Gasteiger partial charge in [-0.3, -0.25) is 9.48 Å². The summed E-state index contributed by atoms with van der Waals surface area (Å²) in [6.45, 7) is 1.61. The van der Waals surface area contributed by atoms with E-state index in [0.29, 0.717) is 16.5 Å². The zero-order valence-electron chi connectivity index (χ0n) is 16.5. The van der Waals surface area contributed by atoms with Gasteiger partial charge in [-0.1, -0.05) is 0 Å². The van der Waals surface area contributed by atoms with E-state index in [1.165, 1.54) is 4.68 Å². The van der Waals surface area contributed by atoms with Crippen molar-refractivity contribution in [1.29, 1.82) is 0 Å². The summed E-state index contributed by atoms with van der Waals surface area (Å²) in [4.78, 5) is 26.8. The van der Waals surface area contributed by atoms with Crippen LogP contribution in [0.3, 0.4) is 0 Å². The largest absolute Gasteiger partial charge is 0.497 e. The summed E-state index contributed by atoms with van der Waals surface area (Å²) in [6.07, 6.45) is 1.53. The summed E-state index contributed by atoms with van der Waals surface area (Å²) in [7, 11) is 3.35. The van der Waals surface area contributed by atoms with E-state index in [1.54, 1.807) is 32.4 Å². The predicted octanol–water partition coefficient (Wildman–Crippen LogP) is 3.38. The fourth-order valence-electron chi connectivity index (χ4n) is 4.01. The van der Waals surface area contributed by atoms with Crippen LogP contribution in [0.5, 0.6) is 5.75 Å². The van der Waals surface area contributed by atoms with Gasteiger partial charge in [0, 0.05) is 42.7 Å². The van der Waals surface area contributed by atoms with E-state index in [2.05, 4.69) is 10.00 Å². The van der Waals surface area contributed by atoms with E-state index in [9.17, 15) is 14.7 Å². The smallest absolute Gasteiger partial charge is 0.357 e. The van der Waals surface area contributed by atoms with Crippen molar-refractivity contribution in [3.8, 4) is 5.75 Å². The molecule has 0 bridgehead atoms. The molecule has 3 aromatic rings. The maximum absolute atomic E-state index is 13.0. The third kappa shape index (κ3) is 3.55. The highest BCUT2D eigenvalue weighted by molar-refractivity contribution is 6.06. The molecule has 0 unspecified atom stereocenters. The van der Waals surface area contributed by atoms with Crippen LogP contribution < -0.4 is 9.64 Å². The SMILES string of the molecule is COc1ccc(N2CCC(C(=O)c3ccc4c(c3)c(C(=O)O)nn4C)CC2)cc1. The van der Waals surface area contributed by atoms with Crippen LogP contribution in [0.25, 0.3) is 10.9 Å². The molecule has 4 rings (SSSR count). The molecule has 7 heteroatoms. The molecule has 150 valence electrons. The number of aromatic carboxylic acids is 1. The first-order valence-electron chi connectivity index (χ1n) is 9.61. The second kappa shape index (κ2) is 7.58. The first-order chi connectivity index (χ1) is 14.0. The van der Waals surface area contributed by atoms with Gasteiger partial charge in [0.2, 0.25) is 0 Å². The second-order valence-electron chi connectivity index (χ2n) is 7.33. The molecule has 0 atom stereocenters. The lowest BCUT2D eigenvalue weighted by Gasteiger charge is -2.33. The molecular weight excluding hydrogens is 370 g/mol. The predicted molar refractivity (Wildman–Crippen MR) is 110 cm³/mol. The Morgan fingerprint density at radius 1 is 1.10 bits per heavy atom. The summed E-state index contributed by atoms with van der Waals surface area (Å²) in [5.41, 5.74) is 2.36. The molecule has 2 aromatic carbocycles. The lowest BCUT2D eigenvalue weighted by molar-refractivity contribution is 0.0691. The summed E-state index contributed by atoms with van der Waals surface area (Å²) >= 11 is 0. The molecule has 1 aliphatic heterocycles. The van der Waals surface area contributed by atoms with Crippen LogP contribution in [0.4, 0.5) is 5.69 Å². The van der Waals surface area contributed by atoms with E-state index in [-0.39, 0.29) is 17.4 Å². The molecule has 1 fully saturated rings. The minimum Gasteiger partial charge on any atom is -0.497 e. The molecule has 2 heterocycles. The average Bonchev–Trinajstić information content (AvgIpc) is 3.09. The van der Waals surface area contributed by atoms with Crippen LogP contribution in [0.15, 0.2) is 42.5 Å². The van der Waals surface area contributed by atoms with Crippen molar-refractivity contribution in [1.82, 2.24) is 9.78 Å². The van der Waals surface area contributed by atoms with Crippen LogP contribution in [0, 0.1) is 5.92 Å². The van der Waals surface area contributed by atoms with Crippen molar-refractivity contribution in [3.05, 3.63) is 53.7 Å². The number of hydrogen-bond donors (Lipinski definition) is 1. The lowest BCUT2D eigenvalue weighted by Crippen LogP contribution is -2.36. The number of methoxy groups -OCH3 is 1. The number of benzene rings is 2. The zero-order chi connectivity index (χ0) is 20.5. The number of carboxylic acid groups (broad SMARTS) is 1. The fourth-order valence-corrected chi connectivity index (χ4v) is 4.01. The van der Waals surface area contributed by atoms with Gasteiger partial charge in [-0.25, -0.2) is 4.79 Å². The van der Waals surface area contributed by atoms with E-state index in [0.717, 1.165) is 37.4 Å². The number of piperidine rings is 1. The summed E-state index contributed by atoms with van der Waals surface area (Å²) in [6, 6.07) is 13.2. The zero-order valence-corrected chi connectivity index (χ0v) is 16.5. The van der Waals surface area contributed by atoms with Gasteiger partial charge in [0.1, 0.15) is 5.75 Å². The van der Waals surface area contributed by atoms with E-state index >= 15 is 0 Å². The minimum absolute atomic E-state index is 0.0218. The minimum atomic E-state index is -1.09. The number of fused-ring (bicyclic) bond motifs is 1. The number of anilines is 1. The third-order valence-electron chi connectivity index (χ3n) is 5.64. The number of hydrogen-bond acceptors (Lipinski definition) is 5. The number of Topliss-reactive ketones (excluding diaryl/α,β-unsaturated/α-hetero) is 1. The first kappa shape index (κ1) is 19.0. The van der Waals surface area contributed by atoms with Crippen LogP contribution in [-0.4, -0.2) is 46.8 Å². The lowest BCUT2D eigenvalue weighted by atomic mass is 9.88. The van der Waals surface area contributed by atoms with Crippen LogP contribution in [0.2, 0.25) is 0 Å². The van der Waals surface area contributed by atoms with Crippen LogP contribution in [-0.2, 0) is 7.05 Å². The number of aryl methyl sites for hydroxylation is 1. The monoisotopic (exact) mass is 393 g/mol. The van der Waals surface area contributed by atoms with Crippen molar-refractivity contribution < 1.29 is 19.4 Å². The van der Waals surface area contributed by atoms with Crippen molar-refractivity contribution in [2.24, 2.45) is 13.0 Å². The number of rotatable bonds is 5. The highest BCUT2D eigenvalue weighted by atomic mass is 16.5. The molecule has 1 aliphatic rings. The van der Waals surface area contributed by atoms with Crippen molar-refractivity contribution >= 4 is 28.3 Å². The Labute approximate surface area is 168 Å². The van der Waals surface area contributed by atoms with Gasteiger partial charge in [-0.05, 0) is 55.3 Å². The van der Waals surface area contributed by atoms with Crippen LogP contribution >= 0.6 is 0 Å². The summed E-state index contributed by atoms with van der Waals surface area (Å²) < 4.78 is 6.73. The number of aromatic nitrogens is 2. The number of ketones is 1. The molecule has 1 N–H and O–H groups in total. The van der Waals surface area contributed by atoms with Crippen molar-refractivity contribution in [2.75, 3.05) is 25.1 Å². The van der Waals surface area contributed by atoms with E-state index < -0.39 is 5.97 Å². The number of carbonyl (C=O) groups excluding carboxylic acids is 1. The van der Waals surface area contributed by atoms with Gasteiger partial charge < -0.3 is 14.7 Å². The highest BCUT2D eigenvalue weighted by Crippen LogP contribution is 2.28. The van der Waals surface area contributed by atoms with Crippen molar-refractivity contribution in [2.45, 2.75) is 12.8 Å². The Bertz CT molecular complexity index is 1060. The molecule has 1 saturated heterocycles. The number of carboxylic acids is 1. The van der Waals surface area contributed by atoms with Gasteiger partial charge in [0.25, 0.3) is 0 Å². The van der Waals surface area contributed by atoms with Crippen LogP contribution in [0.1, 0.15) is 33.7 Å². The summed E-state index contributed by atoms with van der Waals surface area (Å²) in [5.74, 6) is -0.258. The van der Waals surface area contributed by atoms with Gasteiger partial charge in [-0.2, -0.15) is 5.10 Å². The van der Waals surface area contributed by atoms with Gasteiger partial charge in [0.05, 0.1) is 12.6 Å². The Morgan fingerprint density at radius 3 is 2.41 bits per heavy atom. The molecule has 7 nitrogen and oxygen atoms in total. The number of ether oxygens (including phenoxy) is 1. The van der Waals surface area contributed by atoms with Gasteiger partial charge in [0.15, 0.2) is 11.5 Å². The Hall–Kier alpha value is -3.35. The van der Waals surface area contributed by atoms with E-state index in [4.69, 9.17) is 4.74 Å².